The standard InChI is InChI=1S/C23H35ClN6/c1-3-21-23(24)27-22(7-10-25-21)26-18-5-4-6-20(17-18)29-11-8-19(9-12-29)30-15-13-28(2)14-16-30/h4-7,17,19,21,25-26H,3,8-16H2,1-2H3. The third-order valence-corrected chi connectivity index (χ3v) is 6.93. The first-order valence-corrected chi connectivity index (χ1v) is 11.7. The first kappa shape index (κ1) is 21.6. The molecule has 0 bridgehead atoms. The summed E-state index contributed by atoms with van der Waals surface area (Å²) in [6.07, 6.45) is 5.49. The molecule has 1 atom stereocenters. The number of piperidine rings is 1. The number of piperazine rings is 1. The number of likely N-dealkylation sites (N-methyl/N-ethyl adjacent to an activating group) is 1. The van der Waals surface area contributed by atoms with Crippen molar-refractivity contribution in [2.45, 2.75) is 38.3 Å². The van der Waals surface area contributed by atoms with Crippen LogP contribution in [0.25, 0.3) is 0 Å². The van der Waals surface area contributed by atoms with Gasteiger partial charge in [-0.2, -0.15) is 0 Å². The molecular weight excluding hydrogens is 396 g/mol. The van der Waals surface area contributed by atoms with Gasteiger partial charge in [0.25, 0.3) is 0 Å². The van der Waals surface area contributed by atoms with E-state index in [1.54, 1.807) is 0 Å². The van der Waals surface area contributed by atoms with Crippen molar-refractivity contribution >= 4 is 28.1 Å². The third-order valence-electron chi connectivity index (χ3n) is 6.59. The van der Waals surface area contributed by atoms with E-state index in [9.17, 15) is 0 Å². The second-order valence-electron chi connectivity index (χ2n) is 8.63. The first-order valence-electron chi connectivity index (χ1n) is 11.3. The summed E-state index contributed by atoms with van der Waals surface area (Å²) in [6.45, 7) is 9.95. The summed E-state index contributed by atoms with van der Waals surface area (Å²) in [5, 5.41) is 7.47. The van der Waals surface area contributed by atoms with Gasteiger partial charge in [-0.15, -0.1) is 0 Å². The molecule has 3 aliphatic rings. The first-order chi connectivity index (χ1) is 14.6. The van der Waals surface area contributed by atoms with Crippen LogP contribution in [0.2, 0.25) is 0 Å². The molecule has 2 fully saturated rings. The van der Waals surface area contributed by atoms with Crippen LogP contribution < -0.4 is 15.5 Å². The van der Waals surface area contributed by atoms with Crippen LogP contribution in [0, 0.1) is 0 Å². The number of hydrogen-bond acceptors (Lipinski definition) is 6. The number of benzene rings is 1. The zero-order chi connectivity index (χ0) is 20.9. The maximum absolute atomic E-state index is 6.38. The van der Waals surface area contributed by atoms with E-state index in [1.165, 1.54) is 44.7 Å². The Morgan fingerprint density at radius 2 is 1.90 bits per heavy atom. The summed E-state index contributed by atoms with van der Waals surface area (Å²) < 4.78 is 0. The summed E-state index contributed by atoms with van der Waals surface area (Å²) in [5.74, 6) is 0.814. The van der Waals surface area contributed by atoms with Crippen LogP contribution in [-0.2, 0) is 0 Å². The maximum Gasteiger partial charge on any atom is 0.129 e. The van der Waals surface area contributed by atoms with Gasteiger partial charge in [-0.05, 0) is 50.6 Å². The molecule has 30 heavy (non-hydrogen) atoms. The summed E-state index contributed by atoms with van der Waals surface area (Å²) in [4.78, 5) is 12.2. The third kappa shape index (κ3) is 5.35. The van der Waals surface area contributed by atoms with E-state index < -0.39 is 0 Å². The van der Waals surface area contributed by atoms with Crippen molar-refractivity contribution in [3.63, 3.8) is 0 Å². The van der Waals surface area contributed by atoms with Crippen LogP contribution in [0.15, 0.2) is 41.2 Å². The van der Waals surface area contributed by atoms with Gasteiger partial charge in [0.15, 0.2) is 0 Å². The van der Waals surface area contributed by atoms with Crippen LogP contribution in [0.1, 0.15) is 26.2 Å². The van der Waals surface area contributed by atoms with Crippen molar-refractivity contribution in [1.29, 1.82) is 0 Å². The van der Waals surface area contributed by atoms with Crippen LogP contribution in [0.4, 0.5) is 11.4 Å². The molecule has 3 aliphatic heterocycles. The fourth-order valence-corrected chi connectivity index (χ4v) is 4.94. The van der Waals surface area contributed by atoms with Crippen LogP contribution in [-0.4, -0.2) is 79.9 Å². The molecule has 1 aromatic carbocycles. The molecule has 1 unspecified atom stereocenters. The van der Waals surface area contributed by atoms with E-state index in [2.05, 4.69) is 74.6 Å². The molecule has 0 radical (unpaired) electrons. The Balaban J connectivity index is 1.35. The minimum absolute atomic E-state index is 0.134. The van der Waals surface area contributed by atoms with Gasteiger partial charge >= 0.3 is 0 Å². The molecule has 0 aromatic heterocycles. The number of nitrogens with zero attached hydrogens (tertiary/aromatic N) is 4. The highest BCUT2D eigenvalue weighted by Gasteiger charge is 2.26. The summed E-state index contributed by atoms with van der Waals surface area (Å²) in [5.41, 5.74) is 2.34. The Hall–Kier alpha value is -1.60. The zero-order valence-corrected chi connectivity index (χ0v) is 19.0. The average Bonchev–Trinajstić information content (AvgIpc) is 2.95. The van der Waals surface area contributed by atoms with Crippen molar-refractivity contribution in [3.05, 3.63) is 36.2 Å². The van der Waals surface area contributed by atoms with Gasteiger partial charge in [-0.3, -0.25) is 4.90 Å². The van der Waals surface area contributed by atoms with Gasteiger partial charge < -0.3 is 20.4 Å². The van der Waals surface area contributed by atoms with E-state index >= 15 is 0 Å². The second-order valence-corrected chi connectivity index (χ2v) is 9.01. The molecule has 3 heterocycles. The zero-order valence-electron chi connectivity index (χ0n) is 18.3. The fourth-order valence-electron chi connectivity index (χ4n) is 4.62. The van der Waals surface area contributed by atoms with Crippen molar-refractivity contribution < 1.29 is 0 Å². The molecule has 0 aliphatic carbocycles. The predicted molar refractivity (Wildman–Crippen MR) is 128 cm³/mol. The molecule has 2 N–H and O–H groups in total. The maximum atomic E-state index is 6.38. The van der Waals surface area contributed by atoms with E-state index in [1.807, 2.05) is 0 Å². The number of halogens is 1. The van der Waals surface area contributed by atoms with Gasteiger partial charge in [-0.25, -0.2) is 4.99 Å². The number of anilines is 2. The topological polar surface area (TPSA) is 46.1 Å². The Labute approximate surface area is 186 Å². The number of hydrogen-bond donors (Lipinski definition) is 2. The lowest BCUT2D eigenvalue weighted by Crippen LogP contribution is -2.52. The Morgan fingerprint density at radius 1 is 1.13 bits per heavy atom. The molecule has 164 valence electrons. The molecule has 0 spiro atoms. The van der Waals surface area contributed by atoms with E-state index in [4.69, 9.17) is 11.6 Å². The Bertz CT molecular complexity index is 763. The molecule has 7 heteroatoms. The highest BCUT2D eigenvalue weighted by Crippen LogP contribution is 2.26. The van der Waals surface area contributed by atoms with Gasteiger partial charge in [0.05, 0.1) is 6.04 Å². The van der Waals surface area contributed by atoms with Crippen molar-refractivity contribution in [1.82, 2.24) is 15.1 Å². The van der Waals surface area contributed by atoms with Crippen LogP contribution in [0.5, 0.6) is 0 Å². The predicted octanol–water partition coefficient (Wildman–Crippen LogP) is 3.18. The van der Waals surface area contributed by atoms with Crippen molar-refractivity contribution in [2.24, 2.45) is 4.99 Å². The molecule has 6 nitrogen and oxygen atoms in total. The molecule has 1 aromatic rings. The van der Waals surface area contributed by atoms with Crippen LogP contribution in [0.3, 0.4) is 0 Å². The molecular formula is C23H35ClN6. The SMILES string of the molecule is CCC1NCC=C(Nc2cccc(N3CCC(N4CCN(C)CC4)CC3)c2)N=C1Cl. The Morgan fingerprint density at radius 3 is 2.63 bits per heavy atom. The molecule has 0 amide bonds. The summed E-state index contributed by atoms with van der Waals surface area (Å²) in [6, 6.07) is 9.54. The van der Waals surface area contributed by atoms with Crippen LogP contribution >= 0.6 is 11.6 Å². The summed E-state index contributed by atoms with van der Waals surface area (Å²) >= 11 is 6.38. The lowest BCUT2D eigenvalue weighted by atomic mass is 10.0. The quantitative estimate of drug-likeness (QED) is 0.751. The van der Waals surface area contributed by atoms with Gasteiger partial charge in [0.1, 0.15) is 11.0 Å². The number of nitrogens with one attached hydrogen (secondary N) is 2. The number of aliphatic imine (C=N–C) groups is 1. The minimum Gasteiger partial charge on any atom is -0.371 e. The second kappa shape index (κ2) is 10.1. The smallest absolute Gasteiger partial charge is 0.129 e. The molecule has 0 saturated carbocycles. The van der Waals surface area contributed by atoms with Gasteiger partial charge in [0.2, 0.25) is 0 Å². The van der Waals surface area contributed by atoms with E-state index in [0.717, 1.165) is 43.6 Å². The van der Waals surface area contributed by atoms with Crippen molar-refractivity contribution in [3.8, 4) is 0 Å². The van der Waals surface area contributed by atoms with Crippen molar-refractivity contribution in [2.75, 3.05) is 63.1 Å². The van der Waals surface area contributed by atoms with Gasteiger partial charge in [0, 0.05) is 63.2 Å². The van der Waals surface area contributed by atoms with E-state index in [-0.39, 0.29) is 6.04 Å². The average molecular weight is 431 g/mol. The molecule has 4 rings (SSSR count). The normalized spacial score (nSPS) is 24.9. The molecule has 2 saturated heterocycles. The van der Waals surface area contributed by atoms with E-state index in [0.29, 0.717) is 5.17 Å². The highest BCUT2D eigenvalue weighted by molar-refractivity contribution is 6.66. The number of rotatable bonds is 5. The minimum atomic E-state index is 0.134. The lowest BCUT2D eigenvalue weighted by molar-refractivity contribution is 0.0982. The highest BCUT2D eigenvalue weighted by atomic mass is 35.5. The summed E-state index contributed by atoms with van der Waals surface area (Å²) in [7, 11) is 2.23. The monoisotopic (exact) mass is 430 g/mol. The fraction of sp³-hybridized carbons (Fsp3) is 0.609. The largest absolute Gasteiger partial charge is 0.371 e. The Kier molecular flexibility index (Phi) is 7.31. The lowest BCUT2D eigenvalue weighted by Gasteiger charge is -2.42. The van der Waals surface area contributed by atoms with Gasteiger partial charge in [-0.1, -0.05) is 24.6 Å².